The quantitative estimate of drug-likeness (QED) is 0.693. The van der Waals surface area contributed by atoms with Gasteiger partial charge in [-0.1, -0.05) is 12.1 Å². The van der Waals surface area contributed by atoms with E-state index in [0.717, 1.165) is 0 Å². The van der Waals surface area contributed by atoms with Gasteiger partial charge in [0.1, 0.15) is 6.10 Å². The first-order valence-corrected chi connectivity index (χ1v) is 4.91. The number of benzene rings is 1. The summed E-state index contributed by atoms with van der Waals surface area (Å²) in [4.78, 5) is 0. The van der Waals surface area contributed by atoms with Crippen molar-refractivity contribution >= 4 is 0 Å². The first-order valence-electron chi connectivity index (χ1n) is 4.91. The fraction of sp³-hybridized carbons (Fsp3) is 0.455. The molecule has 0 heterocycles. The highest BCUT2D eigenvalue weighted by molar-refractivity contribution is 5.37. The molecule has 0 aliphatic rings. The van der Waals surface area contributed by atoms with Gasteiger partial charge in [0, 0.05) is 12.2 Å². The zero-order valence-electron chi connectivity index (χ0n) is 8.93. The molecule has 0 amide bonds. The van der Waals surface area contributed by atoms with Gasteiger partial charge in [0.05, 0.1) is 13.2 Å². The zero-order chi connectivity index (χ0) is 12.1. The van der Waals surface area contributed by atoms with Crippen molar-refractivity contribution in [1.29, 1.82) is 0 Å². The lowest BCUT2D eigenvalue weighted by atomic mass is 10.0. The molecule has 1 aromatic rings. The van der Waals surface area contributed by atoms with Crippen LogP contribution < -0.4 is 4.74 Å². The summed E-state index contributed by atoms with van der Waals surface area (Å²) in [5, 5.41) is 27.9. The maximum atomic E-state index is 13.3. The van der Waals surface area contributed by atoms with Gasteiger partial charge in [-0.05, 0) is 12.5 Å². The lowest BCUT2D eigenvalue weighted by Crippen LogP contribution is -2.20. The molecule has 0 saturated carbocycles. The van der Waals surface area contributed by atoms with Crippen molar-refractivity contribution in [2.24, 2.45) is 0 Å². The van der Waals surface area contributed by atoms with Crippen LogP contribution in [-0.4, -0.2) is 35.1 Å². The van der Waals surface area contributed by atoms with Gasteiger partial charge in [-0.2, -0.15) is 0 Å². The molecule has 0 radical (unpaired) electrons. The number of aliphatic hydroxyl groups excluding tert-OH is 3. The molecule has 0 fully saturated rings. The van der Waals surface area contributed by atoms with Crippen molar-refractivity contribution in [3.05, 3.63) is 29.6 Å². The van der Waals surface area contributed by atoms with Crippen molar-refractivity contribution in [3.63, 3.8) is 0 Å². The molecule has 16 heavy (non-hydrogen) atoms. The van der Waals surface area contributed by atoms with E-state index in [-0.39, 0.29) is 24.3 Å². The molecular formula is C11H15FO4. The number of aliphatic hydroxyl groups is 3. The Balaban J connectivity index is 2.98. The molecule has 2 unspecified atom stereocenters. The van der Waals surface area contributed by atoms with Crippen molar-refractivity contribution in [3.8, 4) is 5.75 Å². The average molecular weight is 230 g/mol. The molecule has 0 aliphatic heterocycles. The molecule has 1 aromatic carbocycles. The van der Waals surface area contributed by atoms with Crippen molar-refractivity contribution < 1.29 is 24.4 Å². The van der Waals surface area contributed by atoms with Gasteiger partial charge in [0.15, 0.2) is 11.6 Å². The highest BCUT2D eigenvalue weighted by atomic mass is 19.1. The second kappa shape index (κ2) is 5.79. The highest BCUT2D eigenvalue weighted by Gasteiger charge is 2.22. The third-order valence-corrected chi connectivity index (χ3v) is 2.31. The summed E-state index contributed by atoms with van der Waals surface area (Å²) < 4.78 is 18.1. The molecule has 0 bridgehead atoms. The van der Waals surface area contributed by atoms with E-state index >= 15 is 0 Å². The van der Waals surface area contributed by atoms with E-state index in [1.54, 1.807) is 0 Å². The van der Waals surface area contributed by atoms with Gasteiger partial charge in [0.2, 0.25) is 0 Å². The minimum atomic E-state index is -1.28. The third-order valence-electron chi connectivity index (χ3n) is 2.31. The minimum Gasteiger partial charge on any atom is -0.493 e. The molecule has 0 saturated heterocycles. The van der Waals surface area contributed by atoms with Crippen LogP contribution in [0.25, 0.3) is 0 Å². The molecule has 1 rings (SSSR count). The van der Waals surface area contributed by atoms with Crippen LogP contribution in [0.4, 0.5) is 4.39 Å². The largest absolute Gasteiger partial charge is 0.493 e. The summed E-state index contributed by atoms with van der Waals surface area (Å²) in [6.07, 6.45) is -2.42. The van der Waals surface area contributed by atoms with Crippen LogP contribution in [0.5, 0.6) is 5.75 Å². The Morgan fingerprint density at radius 2 is 2.06 bits per heavy atom. The lowest BCUT2D eigenvalue weighted by molar-refractivity contribution is 0.00280. The second-order valence-electron chi connectivity index (χ2n) is 3.39. The molecule has 0 aliphatic carbocycles. The summed E-state index contributed by atoms with van der Waals surface area (Å²) in [6.45, 7) is -0.254. The van der Waals surface area contributed by atoms with Crippen LogP contribution in [-0.2, 0) is 0 Å². The summed E-state index contributed by atoms with van der Waals surface area (Å²) in [7, 11) is 1.28. The van der Waals surface area contributed by atoms with E-state index in [1.807, 2.05) is 0 Å². The molecule has 3 N–H and O–H groups in total. The van der Waals surface area contributed by atoms with Crippen LogP contribution in [0.1, 0.15) is 18.1 Å². The predicted octanol–water partition coefficient (Wildman–Crippen LogP) is 0.611. The Morgan fingerprint density at radius 3 is 2.62 bits per heavy atom. The fourth-order valence-electron chi connectivity index (χ4n) is 1.47. The molecule has 0 spiro atoms. The Hall–Kier alpha value is -1.17. The molecular weight excluding hydrogens is 215 g/mol. The number of hydrogen-bond donors (Lipinski definition) is 3. The summed E-state index contributed by atoms with van der Waals surface area (Å²) in [5.41, 5.74) is 0.170. The monoisotopic (exact) mass is 230 g/mol. The molecule has 90 valence electrons. The Morgan fingerprint density at radius 1 is 1.38 bits per heavy atom. The number of halogens is 1. The van der Waals surface area contributed by atoms with Crippen molar-refractivity contribution in [2.45, 2.75) is 18.6 Å². The predicted molar refractivity (Wildman–Crippen MR) is 55.6 cm³/mol. The van der Waals surface area contributed by atoms with Crippen molar-refractivity contribution in [2.75, 3.05) is 13.7 Å². The van der Waals surface area contributed by atoms with Gasteiger partial charge >= 0.3 is 0 Å². The second-order valence-corrected chi connectivity index (χ2v) is 3.39. The van der Waals surface area contributed by atoms with Crippen LogP contribution in [0, 0.1) is 5.82 Å². The van der Waals surface area contributed by atoms with Gasteiger partial charge in [-0.25, -0.2) is 4.39 Å². The first-order chi connectivity index (χ1) is 7.61. The van der Waals surface area contributed by atoms with E-state index in [4.69, 9.17) is 9.84 Å². The Bertz CT molecular complexity index is 343. The number of rotatable bonds is 5. The SMILES string of the molecule is COc1c(F)cccc1C(O)C(O)CCO. The maximum Gasteiger partial charge on any atom is 0.165 e. The van der Waals surface area contributed by atoms with E-state index < -0.39 is 18.0 Å². The maximum absolute atomic E-state index is 13.3. The molecule has 5 heteroatoms. The van der Waals surface area contributed by atoms with Crippen molar-refractivity contribution in [1.82, 2.24) is 0 Å². The highest BCUT2D eigenvalue weighted by Crippen LogP contribution is 2.30. The van der Waals surface area contributed by atoms with Gasteiger partial charge in [-0.15, -0.1) is 0 Å². The number of hydrogen-bond acceptors (Lipinski definition) is 4. The van der Waals surface area contributed by atoms with E-state index in [2.05, 4.69) is 0 Å². The molecule has 0 aromatic heterocycles. The van der Waals surface area contributed by atoms with Crippen LogP contribution in [0.2, 0.25) is 0 Å². The van der Waals surface area contributed by atoms with Crippen LogP contribution >= 0.6 is 0 Å². The van der Waals surface area contributed by atoms with Gasteiger partial charge in [0.25, 0.3) is 0 Å². The standard InChI is InChI=1S/C11H15FO4/c1-16-11-7(3-2-4-8(11)12)10(15)9(14)5-6-13/h2-4,9-10,13-15H,5-6H2,1H3. The lowest BCUT2D eigenvalue weighted by Gasteiger charge is -2.19. The van der Waals surface area contributed by atoms with Gasteiger partial charge in [-0.3, -0.25) is 0 Å². The van der Waals surface area contributed by atoms with E-state index in [0.29, 0.717) is 0 Å². The zero-order valence-corrected chi connectivity index (χ0v) is 8.93. The first kappa shape index (κ1) is 12.9. The number of ether oxygens (including phenoxy) is 1. The third kappa shape index (κ3) is 2.69. The fourth-order valence-corrected chi connectivity index (χ4v) is 1.47. The number of para-hydroxylation sites is 1. The van der Waals surface area contributed by atoms with E-state index in [1.165, 1.54) is 25.3 Å². The summed E-state index contributed by atoms with van der Waals surface area (Å²) in [6, 6.07) is 4.09. The molecule has 2 atom stereocenters. The Labute approximate surface area is 92.9 Å². The van der Waals surface area contributed by atoms with E-state index in [9.17, 15) is 14.6 Å². The average Bonchev–Trinajstić information content (AvgIpc) is 2.28. The van der Waals surface area contributed by atoms with Crippen LogP contribution in [0.3, 0.4) is 0 Å². The minimum absolute atomic E-state index is 0.0147. The smallest absolute Gasteiger partial charge is 0.165 e. The normalized spacial score (nSPS) is 14.6. The summed E-state index contributed by atoms with van der Waals surface area (Å²) >= 11 is 0. The summed E-state index contributed by atoms with van der Waals surface area (Å²) in [5.74, 6) is -0.692. The van der Waals surface area contributed by atoms with Crippen LogP contribution in [0.15, 0.2) is 18.2 Å². The molecule has 4 nitrogen and oxygen atoms in total. The topological polar surface area (TPSA) is 69.9 Å². The van der Waals surface area contributed by atoms with Gasteiger partial charge < -0.3 is 20.1 Å². The number of methoxy groups -OCH3 is 1. The Kier molecular flexibility index (Phi) is 4.67.